The second kappa shape index (κ2) is 10.9. The van der Waals surface area contributed by atoms with Gasteiger partial charge in [0.2, 0.25) is 0 Å². The van der Waals surface area contributed by atoms with Crippen LogP contribution in [0.3, 0.4) is 0 Å². The van der Waals surface area contributed by atoms with Crippen LogP contribution < -0.4 is 20.1 Å². The molecule has 0 aromatic heterocycles. The van der Waals surface area contributed by atoms with Crippen molar-refractivity contribution in [3.8, 4) is 17.6 Å². The molecule has 0 radical (unpaired) electrons. The highest BCUT2D eigenvalue weighted by molar-refractivity contribution is 6.31. The lowest BCUT2D eigenvalue weighted by Gasteiger charge is -2.11. The molecule has 8 heteroatoms. The van der Waals surface area contributed by atoms with Crippen molar-refractivity contribution < 1.29 is 19.1 Å². The molecule has 7 nitrogen and oxygen atoms in total. The number of carbonyl (C=O) groups excluding carboxylic acids is 2. The van der Waals surface area contributed by atoms with Gasteiger partial charge in [-0.3, -0.25) is 9.59 Å². The maximum absolute atomic E-state index is 12.5. The second-order valence-corrected chi connectivity index (χ2v) is 6.60. The number of methoxy groups -OCH3 is 1. The van der Waals surface area contributed by atoms with Crippen molar-refractivity contribution in [3.63, 3.8) is 0 Å². The van der Waals surface area contributed by atoms with E-state index in [0.717, 1.165) is 0 Å². The van der Waals surface area contributed by atoms with Crippen LogP contribution >= 0.6 is 11.6 Å². The van der Waals surface area contributed by atoms with E-state index in [9.17, 15) is 14.9 Å². The molecule has 156 valence electrons. The molecule has 2 N–H and O–H groups in total. The van der Waals surface area contributed by atoms with E-state index < -0.39 is 5.91 Å². The Bertz CT molecular complexity index is 1010. The summed E-state index contributed by atoms with van der Waals surface area (Å²) in [4.78, 5) is 24.1. The van der Waals surface area contributed by atoms with Crippen LogP contribution in [0.25, 0.3) is 6.08 Å². The van der Waals surface area contributed by atoms with E-state index in [1.54, 1.807) is 43.3 Å². The lowest BCUT2D eigenvalue weighted by Crippen LogP contribution is -2.28. The first-order valence-electron chi connectivity index (χ1n) is 9.15. The molecule has 0 heterocycles. The molecule has 0 atom stereocenters. The smallest absolute Gasteiger partial charge is 0.266 e. The molecule has 0 spiro atoms. The molecule has 0 bridgehead atoms. The zero-order valence-electron chi connectivity index (χ0n) is 16.9. The van der Waals surface area contributed by atoms with Crippen LogP contribution in [0, 0.1) is 18.3 Å². The fraction of sp³-hybridized carbons (Fsp3) is 0.227. The first kappa shape index (κ1) is 22.8. The van der Waals surface area contributed by atoms with Crippen molar-refractivity contribution in [2.75, 3.05) is 25.6 Å². The van der Waals surface area contributed by atoms with Gasteiger partial charge in [0, 0.05) is 17.3 Å². The molecule has 0 aliphatic heterocycles. The van der Waals surface area contributed by atoms with Crippen molar-refractivity contribution in [3.05, 3.63) is 58.1 Å². The van der Waals surface area contributed by atoms with E-state index in [-0.39, 0.29) is 18.1 Å². The summed E-state index contributed by atoms with van der Waals surface area (Å²) in [6.45, 7) is 3.95. The van der Waals surface area contributed by atoms with Gasteiger partial charge in [-0.1, -0.05) is 23.7 Å². The van der Waals surface area contributed by atoms with E-state index in [0.29, 0.717) is 39.9 Å². The molecule has 0 unspecified atom stereocenters. The standard InChI is InChI=1S/C22H22ClN3O4/c1-4-25-21(27)13-30-19-9-8-15(11-20(19)29-3)10-16(12-24)22(28)26-18-7-5-6-17(23)14(18)2/h5-11H,4,13H2,1-3H3,(H,25,27)(H,26,28)/b16-10+. The summed E-state index contributed by atoms with van der Waals surface area (Å²) in [5.41, 5.74) is 1.71. The van der Waals surface area contributed by atoms with E-state index >= 15 is 0 Å². The summed E-state index contributed by atoms with van der Waals surface area (Å²) in [7, 11) is 1.46. The van der Waals surface area contributed by atoms with Gasteiger partial charge in [-0.05, 0) is 55.3 Å². The fourth-order valence-corrected chi connectivity index (χ4v) is 2.71. The van der Waals surface area contributed by atoms with Gasteiger partial charge < -0.3 is 20.1 Å². The normalized spacial score (nSPS) is 10.7. The maximum atomic E-state index is 12.5. The molecule has 2 rings (SSSR count). The molecule has 0 fully saturated rings. The molecule has 0 saturated carbocycles. The molecule has 0 saturated heterocycles. The SMILES string of the molecule is CCNC(=O)COc1ccc(/C=C(\C#N)C(=O)Nc2cccc(Cl)c2C)cc1OC. The van der Waals surface area contributed by atoms with E-state index in [1.807, 2.05) is 13.0 Å². The van der Waals surface area contributed by atoms with Crippen LogP contribution in [-0.2, 0) is 9.59 Å². The highest BCUT2D eigenvalue weighted by atomic mass is 35.5. The lowest BCUT2D eigenvalue weighted by molar-refractivity contribution is -0.123. The summed E-state index contributed by atoms with van der Waals surface area (Å²) in [6, 6.07) is 11.9. The highest BCUT2D eigenvalue weighted by Crippen LogP contribution is 2.29. The Hall–Kier alpha value is -3.50. The zero-order valence-corrected chi connectivity index (χ0v) is 17.7. The van der Waals surface area contributed by atoms with Gasteiger partial charge in [-0.2, -0.15) is 5.26 Å². The number of nitrogens with one attached hydrogen (secondary N) is 2. The third-order valence-electron chi connectivity index (χ3n) is 4.11. The monoisotopic (exact) mass is 427 g/mol. The number of halogens is 1. The number of nitriles is 1. The Kier molecular flexibility index (Phi) is 8.27. The number of ether oxygens (including phenoxy) is 2. The molecule has 2 aromatic carbocycles. The molecule has 0 aliphatic carbocycles. The highest BCUT2D eigenvalue weighted by Gasteiger charge is 2.13. The average Bonchev–Trinajstić information content (AvgIpc) is 2.74. The van der Waals surface area contributed by atoms with Gasteiger partial charge in [0.15, 0.2) is 18.1 Å². The number of benzene rings is 2. The third-order valence-corrected chi connectivity index (χ3v) is 4.52. The van der Waals surface area contributed by atoms with Gasteiger partial charge >= 0.3 is 0 Å². The van der Waals surface area contributed by atoms with Crippen molar-refractivity contribution in [1.82, 2.24) is 5.32 Å². The van der Waals surface area contributed by atoms with Crippen molar-refractivity contribution in [2.45, 2.75) is 13.8 Å². The van der Waals surface area contributed by atoms with E-state index in [2.05, 4.69) is 10.6 Å². The minimum absolute atomic E-state index is 0.0904. The summed E-state index contributed by atoms with van der Waals surface area (Å²) in [5, 5.41) is 15.3. The van der Waals surface area contributed by atoms with Crippen LogP contribution in [0.5, 0.6) is 11.5 Å². The van der Waals surface area contributed by atoms with Crippen LogP contribution in [0.15, 0.2) is 42.0 Å². The third kappa shape index (κ3) is 6.00. The summed E-state index contributed by atoms with van der Waals surface area (Å²) < 4.78 is 10.8. The number of hydrogen-bond acceptors (Lipinski definition) is 5. The summed E-state index contributed by atoms with van der Waals surface area (Å²) >= 11 is 6.07. The maximum Gasteiger partial charge on any atom is 0.266 e. The molecule has 0 aliphatic rings. The van der Waals surface area contributed by atoms with E-state index in [1.165, 1.54) is 13.2 Å². The molecular formula is C22H22ClN3O4. The minimum atomic E-state index is -0.557. The van der Waals surface area contributed by atoms with Gasteiger partial charge in [-0.25, -0.2) is 0 Å². The van der Waals surface area contributed by atoms with Crippen LogP contribution in [0.4, 0.5) is 5.69 Å². The largest absolute Gasteiger partial charge is 0.493 e. The van der Waals surface area contributed by atoms with Crippen LogP contribution in [0.1, 0.15) is 18.1 Å². The number of rotatable bonds is 8. The van der Waals surface area contributed by atoms with Gasteiger partial charge in [0.1, 0.15) is 11.6 Å². The number of anilines is 1. The zero-order chi connectivity index (χ0) is 22.1. The Morgan fingerprint density at radius 1 is 1.23 bits per heavy atom. The van der Waals surface area contributed by atoms with E-state index in [4.69, 9.17) is 21.1 Å². The Balaban J connectivity index is 2.20. The average molecular weight is 428 g/mol. The first-order valence-corrected chi connectivity index (χ1v) is 9.53. The number of hydrogen-bond donors (Lipinski definition) is 2. The first-order chi connectivity index (χ1) is 14.4. The molecule has 30 heavy (non-hydrogen) atoms. The summed E-state index contributed by atoms with van der Waals surface area (Å²) in [5.74, 6) is -0.0588. The second-order valence-electron chi connectivity index (χ2n) is 6.19. The lowest BCUT2D eigenvalue weighted by atomic mass is 10.1. The number of nitrogens with zero attached hydrogens (tertiary/aromatic N) is 1. The molecular weight excluding hydrogens is 406 g/mol. The van der Waals surface area contributed by atoms with Crippen molar-refractivity contribution in [2.24, 2.45) is 0 Å². The molecule has 2 amide bonds. The Morgan fingerprint density at radius 2 is 2.00 bits per heavy atom. The van der Waals surface area contributed by atoms with Gasteiger partial charge in [0.05, 0.1) is 7.11 Å². The van der Waals surface area contributed by atoms with Crippen molar-refractivity contribution in [1.29, 1.82) is 5.26 Å². The quantitative estimate of drug-likeness (QED) is 0.494. The predicted molar refractivity (Wildman–Crippen MR) is 116 cm³/mol. The fourth-order valence-electron chi connectivity index (χ4n) is 2.53. The van der Waals surface area contributed by atoms with Crippen LogP contribution in [0.2, 0.25) is 5.02 Å². The van der Waals surface area contributed by atoms with Crippen LogP contribution in [-0.4, -0.2) is 32.1 Å². The topological polar surface area (TPSA) is 100 Å². The van der Waals surface area contributed by atoms with Gasteiger partial charge in [0.25, 0.3) is 11.8 Å². The Morgan fingerprint density at radius 3 is 2.67 bits per heavy atom. The van der Waals surface area contributed by atoms with Gasteiger partial charge in [-0.15, -0.1) is 0 Å². The number of amides is 2. The number of likely N-dealkylation sites (N-methyl/N-ethyl adjacent to an activating group) is 1. The minimum Gasteiger partial charge on any atom is -0.493 e. The summed E-state index contributed by atoms with van der Waals surface area (Å²) in [6.07, 6.45) is 1.44. The predicted octanol–water partition coefficient (Wildman–Crippen LogP) is 3.72. The molecule has 2 aromatic rings. The van der Waals surface area contributed by atoms with Crippen molar-refractivity contribution >= 4 is 35.2 Å². The number of carbonyl (C=O) groups is 2. The Labute approximate surface area is 180 Å².